The molecule has 2 saturated heterocycles. The van der Waals surface area contributed by atoms with Gasteiger partial charge in [-0.1, -0.05) is 36.4 Å². The average molecular weight is 546 g/mol. The van der Waals surface area contributed by atoms with Crippen LogP contribution in [0.5, 0.6) is 0 Å². The van der Waals surface area contributed by atoms with Crippen LogP contribution in [0.3, 0.4) is 0 Å². The van der Waals surface area contributed by atoms with Crippen LogP contribution >= 0.6 is 20.1 Å². The first-order valence-corrected chi connectivity index (χ1v) is 15.2. The minimum absolute atomic E-state index is 0.181. The van der Waals surface area contributed by atoms with Crippen molar-refractivity contribution in [2.75, 3.05) is 26.4 Å². The molecule has 7 heteroatoms. The van der Waals surface area contributed by atoms with E-state index < -0.39 is 0 Å². The molecule has 2 aromatic carbocycles. The van der Waals surface area contributed by atoms with Gasteiger partial charge >= 0.3 is 33.5 Å². The van der Waals surface area contributed by atoms with Crippen molar-refractivity contribution in [2.24, 2.45) is 9.98 Å². The molecule has 4 nitrogen and oxygen atoms in total. The van der Waals surface area contributed by atoms with E-state index in [1.165, 1.54) is 36.8 Å². The van der Waals surface area contributed by atoms with E-state index in [0.717, 1.165) is 55.6 Å². The van der Waals surface area contributed by atoms with Crippen LogP contribution in [0.2, 0.25) is 0 Å². The third-order valence-electron chi connectivity index (χ3n) is 5.02. The summed E-state index contributed by atoms with van der Waals surface area (Å²) in [6.07, 6.45) is 5.91. The number of aryl methyl sites for hydroxylation is 2. The van der Waals surface area contributed by atoms with Gasteiger partial charge in [0.2, 0.25) is 0 Å². The van der Waals surface area contributed by atoms with E-state index in [1.54, 1.807) is 0 Å². The number of para-hydroxylation sites is 2. The summed E-state index contributed by atoms with van der Waals surface area (Å²) in [5.41, 5.74) is 6.64. The van der Waals surface area contributed by atoms with Gasteiger partial charge in [-0.15, -0.1) is 0 Å². The van der Waals surface area contributed by atoms with Crippen molar-refractivity contribution in [3.8, 4) is 0 Å². The van der Waals surface area contributed by atoms with E-state index in [-0.39, 0.29) is 13.4 Å². The summed E-state index contributed by atoms with van der Waals surface area (Å²) in [7, 11) is 9.65. The van der Waals surface area contributed by atoms with Crippen molar-refractivity contribution < 1.29 is 22.9 Å². The summed E-state index contributed by atoms with van der Waals surface area (Å²) < 4.78 is 9.89. The molecule has 2 heterocycles. The zero-order chi connectivity index (χ0) is 25.0. The van der Waals surface area contributed by atoms with Gasteiger partial charge in [0.1, 0.15) is 0 Å². The molecule has 2 fully saturated rings. The molecule has 2 aliphatic heterocycles. The summed E-state index contributed by atoms with van der Waals surface area (Å²) in [6, 6.07) is 16.4. The molecule has 0 amide bonds. The van der Waals surface area contributed by atoms with Crippen LogP contribution in [0.25, 0.3) is 0 Å². The van der Waals surface area contributed by atoms with Crippen LogP contribution in [0.15, 0.2) is 58.5 Å². The first-order chi connectivity index (χ1) is 16.5. The summed E-state index contributed by atoms with van der Waals surface area (Å²) in [6.45, 7) is 12.3. The Labute approximate surface area is 220 Å². The van der Waals surface area contributed by atoms with Crippen LogP contribution < -0.4 is 0 Å². The molecule has 2 aliphatic rings. The number of aliphatic imine (C=N–C) groups is 2. The Bertz CT molecular complexity index is 782. The normalized spacial score (nSPS) is 15.4. The van der Waals surface area contributed by atoms with Crippen molar-refractivity contribution in [3.05, 3.63) is 59.7 Å². The molecule has 0 aromatic heterocycles. The third-order valence-corrected chi connectivity index (χ3v) is 5.02. The molecule has 0 spiro atoms. The molecular formula is C27H38Cl2CrN2O2. The zero-order valence-corrected chi connectivity index (χ0v) is 23.6. The SMILES string of the molecule is C1CCOC1.C1CCOC1.CC(CC(C)=Nc1ccccc1C)=Nc1ccccc1C.[Cl][Cr][Cl]. The van der Waals surface area contributed by atoms with Gasteiger partial charge in [-0.25, -0.2) is 0 Å². The minimum atomic E-state index is -0.181. The van der Waals surface area contributed by atoms with Crippen LogP contribution in [0.4, 0.5) is 11.4 Å². The van der Waals surface area contributed by atoms with Crippen molar-refractivity contribution >= 4 is 42.9 Å². The van der Waals surface area contributed by atoms with Crippen LogP contribution in [-0.2, 0) is 22.9 Å². The Morgan fingerprint density at radius 1 is 0.706 bits per heavy atom. The maximum absolute atomic E-state index is 4.94. The molecule has 0 unspecified atom stereocenters. The molecule has 0 saturated carbocycles. The van der Waals surface area contributed by atoms with Gasteiger partial charge in [0.05, 0.1) is 11.4 Å². The van der Waals surface area contributed by atoms with Crippen molar-refractivity contribution in [1.29, 1.82) is 0 Å². The third kappa shape index (κ3) is 14.9. The van der Waals surface area contributed by atoms with Gasteiger partial charge in [-0.3, -0.25) is 9.98 Å². The first kappa shape index (κ1) is 30.8. The standard InChI is InChI=1S/C19H22N2.2C4H8O.2ClH.Cr/c1-14-9-5-7-11-18(14)20-16(3)13-17(4)21-19-12-8-6-10-15(19)2;2*1-2-4-5-3-1;;;/h5-12H,13H2,1-4H3;2*1-4H2;2*1H;/q;;;;;+2/p-2. The Hall–Kier alpha value is -1.19. The van der Waals surface area contributed by atoms with Gasteiger partial charge in [0.25, 0.3) is 0 Å². The second-order valence-electron chi connectivity index (χ2n) is 8.14. The molecule has 0 N–H and O–H groups in total. The maximum atomic E-state index is 4.94. The fourth-order valence-corrected chi connectivity index (χ4v) is 3.26. The van der Waals surface area contributed by atoms with E-state index in [4.69, 9.17) is 39.6 Å². The van der Waals surface area contributed by atoms with Gasteiger partial charge in [-0.05, 0) is 76.6 Å². The second-order valence-corrected chi connectivity index (χ2v) is 10.2. The summed E-state index contributed by atoms with van der Waals surface area (Å²) in [5.74, 6) is 0. The van der Waals surface area contributed by atoms with Crippen LogP contribution in [0.1, 0.15) is 57.1 Å². The van der Waals surface area contributed by atoms with E-state index in [9.17, 15) is 0 Å². The predicted molar refractivity (Wildman–Crippen MR) is 144 cm³/mol. The number of hydrogen-bond donors (Lipinski definition) is 0. The molecule has 0 radical (unpaired) electrons. The number of hydrogen-bond acceptors (Lipinski definition) is 4. The van der Waals surface area contributed by atoms with Crippen LogP contribution in [-0.4, -0.2) is 37.9 Å². The monoisotopic (exact) mass is 544 g/mol. The summed E-state index contributed by atoms with van der Waals surface area (Å²) in [5, 5.41) is 0. The molecular weight excluding hydrogens is 507 g/mol. The van der Waals surface area contributed by atoms with Gasteiger partial charge in [-0.2, -0.15) is 0 Å². The summed E-state index contributed by atoms with van der Waals surface area (Å²) >= 11 is -0.181. The average Bonchev–Trinajstić information content (AvgIpc) is 3.57. The van der Waals surface area contributed by atoms with Gasteiger partial charge in [0, 0.05) is 44.3 Å². The molecule has 34 heavy (non-hydrogen) atoms. The molecule has 0 bridgehead atoms. The molecule has 0 atom stereocenters. The van der Waals surface area contributed by atoms with E-state index in [1.807, 2.05) is 36.4 Å². The Morgan fingerprint density at radius 3 is 1.29 bits per heavy atom. The van der Waals surface area contributed by atoms with Crippen molar-refractivity contribution in [2.45, 2.75) is 59.8 Å². The Morgan fingerprint density at radius 2 is 1.03 bits per heavy atom. The van der Waals surface area contributed by atoms with Gasteiger partial charge in [0.15, 0.2) is 0 Å². The topological polar surface area (TPSA) is 43.2 Å². The number of benzene rings is 2. The van der Waals surface area contributed by atoms with Crippen LogP contribution in [0, 0.1) is 13.8 Å². The fraction of sp³-hybridized carbons (Fsp3) is 0.481. The predicted octanol–water partition coefficient (Wildman–Crippen LogP) is 8.55. The van der Waals surface area contributed by atoms with Crippen molar-refractivity contribution in [1.82, 2.24) is 0 Å². The van der Waals surface area contributed by atoms with Gasteiger partial charge < -0.3 is 9.47 Å². The van der Waals surface area contributed by atoms with Crippen molar-refractivity contribution in [3.63, 3.8) is 0 Å². The Balaban J connectivity index is 0.000000357. The molecule has 0 aliphatic carbocycles. The Kier molecular flexibility index (Phi) is 18.2. The van der Waals surface area contributed by atoms with E-state index >= 15 is 0 Å². The number of rotatable bonds is 4. The molecule has 2 aromatic rings. The second kappa shape index (κ2) is 20.0. The van der Waals surface area contributed by atoms with E-state index in [0.29, 0.717) is 0 Å². The number of ether oxygens (including phenoxy) is 2. The van der Waals surface area contributed by atoms with E-state index in [2.05, 4.69) is 39.8 Å². The quantitative estimate of drug-likeness (QED) is 0.362. The zero-order valence-electron chi connectivity index (χ0n) is 20.9. The molecule has 4 rings (SSSR count). The fourth-order valence-electron chi connectivity index (χ4n) is 3.26. The number of nitrogens with zero attached hydrogens (tertiary/aromatic N) is 2. The number of halogens is 2. The first-order valence-electron chi connectivity index (χ1n) is 11.7. The summed E-state index contributed by atoms with van der Waals surface area (Å²) in [4.78, 5) is 9.40. The molecule has 188 valence electrons.